The zero-order valence-electron chi connectivity index (χ0n) is 15.2. The third-order valence-corrected chi connectivity index (χ3v) is 3.41. The molecular weight excluding hydrogens is 302 g/mol. The van der Waals surface area contributed by atoms with Gasteiger partial charge in [-0.25, -0.2) is 0 Å². The van der Waals surface area contributed by atoms with Crippen LogP contribution in [-0.4, -0.2) is 35.2 Å². The lowest BCUT2D eigenvalue weighted by molar-refractivity contribution is 0.423. The maximum Gasteiger partial charge on any atom is 0.257 e. The quantitative estimate of drug-likeness (QED) is 0.652. The number of aromatic nitrogens is 2. The Morgan fingerprint density at radius 2 is 1.92 bits per heavy atom. The van der Waals surface area contributed by atoms with Gasteiger partial charge in [0.2, 0.25) is 0 Å². The molecule has 2 rings (SSSR count). The van der Waals surface area contributed by atoms with Gasteiger partial charge in [0, 0.05) is 31.1 Å². The Morgan fingerprint density at radius 3 is 2.46 bits per heavy atom. The third kappa shape index (κ3) is 5.37. The molecule has 6 heteroatoms. The second-order valence-corrected chi connectivity index (χ2v) is 6.69. The first-order valence-electron chi connectivity index (χ1n) is 8.32. The summed E-state index contributed by atoms with van der Waals surface area (Å²) in [6, 6.07) is 8.22. The van der Waals surface area contributed by atoms with Crippen LogP contribution in [0, 0.1) is 0 Å². The first-order valence-corrected chi connectivity index (χ1v) is 8.32. The topological polar surface area (TPSA) is 75.3 Å². The number of nitrogens with zero attached hydrogens (tertiary/aromatic N) is 3. The van der Waals surface area contributed by atoms with Crippen molar-refractivity contribution in [2.75, 3.05) is 13.6 Å². The summed E-state index contributed by atoms with van der Waals surface area (Å²) in [5.74, 6) is 2.12. The minimum atomic E-state index is -0.00902. The molecule has 6 nitrogen and oxygen atoms in total. The van der Waals surface area contributed by atoms with Crippen LogP contribution in [-0.2, 0) is 12.8 Å². The van der Waals surface area contributed by atoms with Crippen LogP contribution in [0.5, 0.6) is 0 Å². The van der Waals surface area contributed by atoms with E-state index in [0.29, 0.717) is 5.89 Å². The first kappa shape index (κ1) is 18.0. The van der Waals surface area contributed by atoms with Crippen LogP contribution in [0.2, 0.25) is 0 Å². The lowest BCUT2D eigenvalue weighted by Gasteiger charge is -2.23. The summed E-state index contributed by atoms with van der Waals surface area (Å²) in [5, 5.41) is 10.6. The average Bonchev–Trinajstić information content (AvgIpc) is 3.02. The van der Waals surface area contributed by atoms with Gasteiger partial charge in [0.1, 0.15) is 0 Å². The number of aliphatic imine (C=N–C) groups is 1. The fourth-order valence-electron chi connectivity index (χ4n) is 2.19. The number of hydrogen-bond donors (Lipinski definition) is 2. The minimum Gasteiger partial charge on any atom is -0.356 e. The van der Waals surface area contributed by atoms with Crippen molar-refractivity contribution >= 4 is 5.96 Å². The van der Waals surface area contributed by atoms with Gasteiger partial charge in [0.05, 0.1) is 0 Å². The molecule has 130 valence electrons. The van der Waals surface area contributed by atoms with Gasteiger partial charge in [-0.3, -0.25) is 4.99 Å². The van der Waals surface area contributed by atoms with Gasteiger partial charge in [-0.05, 0) is 44.9 Å². The van der Waals surface area contributed by atoms with Gasteiger partial charge < -0.3 is 15.2 Å². The lowest BCUT2D eigenvalue weighted by Crippen LogP contribution is -2.48. The lowest BCUT2D eigenvalue weighted by atomic mass is 10.1. The molecule has 0 atom stereocenters. The highest BCUT2D eigenvalue weighted by Crippen LogP contribution is 2.18. The predicted octanol–water partition coefficient (Wildman–Crippen LogP) is 2.81. The summed E-state index contributed by atoms with van der Waals surface area (Å²) in [5.41, 5.74) is 2.18. The third-order valence-electron chi connectivity index (χ3n) is 3.41. The van der Waals surface area contributed by atoms with Crippen LogP contribution >= 0.6 is 0 Å². The zero-order chi connectivity index (χ0) is 17.6. The number of rotatable bonds is 5. The van der Waals surface area contributed by atoms with E-state index in [1.54, 1.807) is 7.05 Å². The highest BCUT2D eigenvalue weighted by atomic mass is 16.5. The van der Waals surface area contributed by atoms with Crippen LogP contribution in [0.3, 0.4) is 0 Å². The largest absolute Gasteiger partial charge is 0.356 e. The summed E-state index contributed by atoms with van der Waals surface area (Å²) in [6.45, 7) is 9.16. The van der Waals surface area contributed by atoms with Crippen molar-refractivity contribution in [3.63, 3.8) is 0 Å². The molecule has 2 aromatic rings. The van der Waals surface area contributed by atoms with E-state index < -0.39 is 0 Å². The second-order valence-electron chi connectivity index (χ2n) is 6.69. The number of guanidine groups is 1. The first-order chi connectivity index (χ1) is 11.4. The maximum absolute atomic E-state index is 5.26. The molecular formula is C18H27N5O. The van der Waals surface area contributed by atoms with E-state index in [-0.39, 0.29) is 5.54 Å². The summed E-state index contributed by atoms with van der Waals surface area (Å²) in [7, 11) is 1.78. The molecule has 24 heavy (non-hydrogen) atoms. The number of nitrogens with one attached hydrogen (secondary N) is 2. The summed E-state index contributed by atoms with van der Waals surface area (Å²) in [4.78, 5) is 8.58. The van der Waals surface area contributed by atoms with Gasteiger partial charge in [-0.1, -0.05) is 24.2 Å². The number of hydrogen-bond acceptors (Lipinski definition) is 4. The molecule has 0 aliphatic heterocycles. The van der Waals surface area contributed by atoms with Gasteiger partial charge in [-0.2, -0.15) is 4.98 Å². The minimum absolute atomic E-state index is 0.00902. The van der Waals surface area contributed by atoms with Crippen molar-refractivity contribution in [2.45, 2.75) is 46.1 Å². The van der Waals surface area contributed by atoms with Crippen molar-refractivity contribution in [2.24, 2.45) is 4.99 Å². The Morgan fingerprint density at radius 1 is 1.21 bits per heavy atom. The second kappa shape index (κ2) is 7.95. The van der Waals surface area contributed by atoms with Gasteiger partial charge in [-0.15, -0.1) is 0 Å². The standard InChI is InChI=1S/C18H27N5O/c1-6-15-21-16(24-23-15)14-9-7-13(8-10-14)11-12-20-17(19-5)22-18(2,3)4/h7-10H,6,11-12H2,1-5H3,(H2,19,20,22). The fourth-order valence-corrected chi connectivity index (χ4v) is 2.19. The smallest absolute Gasteiger partial charge is 0.257 e. The van der Waals surface area contributed by atoms with Crippen molar-refractivity contribution in [3.05, 3.63) is 35.7 Å². The van der Waals surface area contributed by atoms with E-state index in [1.165, 1.54) is 5.56 Å². The SMILES string of the molecule is CCc1noc(-c2ccc(CCNC(=NC)NC(C)(C)C)cc2)n1. The monoisotopic (exact) mass is 329 g/mol. The molecule has 0 aliphatic rings. The van der Waals surface area contributed by atoms with Crippen LogP contribution in [0.4, 0.5) is 0 Å². The highest BCUT2D eigenvalue weighted by Gasteiger charge is 2.11. The summed E-state index contributed by atoms with van der Waals surface area (Å²) < 4.78 is 5.26. The maximum atomic E-state index is 5.26. The molecule has 0 fully saturated rings. The van der Waals surface area contributed by atoms with Crippen LogP contribution in [0.1, 0.15) is 39.1 Å². The van der Waals surface area contributed by atoms with E-state index in [0.717, 1.165) is 36.7 Å². The van der Waals surface area contributed by atoms with Crippen LogP contribution in [0.15, 0.2) is 33.8 Å². The normalized spacial score (nSPS) is 12.3. The molecule has 0 spiro atoms. The number of benzene rings is 1. The fraction of sp³-hybridized carbons (Fsp3) is 0.500. The van der Waals surface area contributed by atoms with Gasteiger partial charge in [0.25, 0.3) is 5.89 Å². The predicted molar refractivity (Wildman–Crippen MR) is 97.1 cm³/mol. The Balaban J connectivity index is 1.88. The molecule has 0 radical (unpaired) electrons. The average molecular weight is 329 g/mol. The molecule has 0 amide bonds. The van der Waals surface area contributed by atoms with Crippen LogP contribution < -0.4 is 10.6 Å². The Hall–Kier alpha value is -2.37. The van der Waals surface area contributed by atoms with E-state index >= 15 is 0 Å². The Labute approximate surface area is 143 Å². The summed E-state index contributed by atoms with van der Waals surface area (Å²) >= 11 is 0. The van der Waals surface area contributed by atoms with Crippen molar-refractivity contribution < 1.29 is 4.52 Å². The molecule has 1 aromatic carbocycles. The van der Waals surface area contributed by atoms with Crippen molar-refractivity contribution in [1.29, 1.82) is 0 Å². The van der Waals surface area contributed by atoms with Crippen LogP contribution in [0.25, 0.3) is 11.5 Å². The molecule has 0 aliphatic carbocycles. The Kier molecular flexibility index (Phi) is 5.95. The van der Waals surface area contributed by atoms with Gasteiger partial charge >= 0.3 is 0 Å². The van der Waals surface area contributed by atoms with E-state index in [9.17, 15) is 0 Å². The van der Waals surface area contributed by atoms with Gasteiger partial charge in [0.15, 0.2) is 11.8 Å². The molecule has 0 unspecified atom stereocenters. The summed E-state index contributed by atoms with van der Waals surface area (Å²) in [6.07, 6.45) is 1.69. The molecule has 1 heterocycles. The van der Waals surface area contributed by atoms with E-state index in [4.69, 9.17) is 4.52 Å². The van der Waals surface area contributed by atoms with E-state index in [1.807, 2.05) is 19.1 Å². The molecule has 0 bridgehead atoms. The molecule has 0 saturated heterocycles. The zero-order valence-corrected chi connectivity index (χ0v) is 15.2. The molecule has 1 aromatic heterocycles. The number of aryl methyl sites for hydroxylation is 1. The Bertz CT molecular complexity index is 667. The molecule has 0 saturated carbocycles. The van der Waals surface area contributed by atoms with Crippen molar-refractivity contribution in [1.82, 2.24) is 20.8 Å². The highest BCUT2D eigenvalue weighted by molar-refractivity contribution is 5.80. The molecule has 2 N–H and O–H groups in total. The van der Waals surface area contributed by atoms with E-state index in [2.05, 4.69) is 58.7 Å². The van der Waals surface area contributed by atoms with Crippen molar-refractivity contribution in [3.8, 4) is 11.5 Å².